The molecule has 1 fully saturated rings. The molecule has 0 spiro atoms. The molecular weight excluding hydrogens is 246 g/mol. The second-order valence-electron chi connectivity index (χ2n) is 4.42. The minimum Gasteiger partial charge on any atom is -0.382 e. The van der Waals surface area contributed by atoms with Gasteiger partial charge >= 0.3 is 0 Å². The van der Waals surface area contributed by atoms with Gasteiger partial charge in [0.1, 0.15) is 11.6 Å². The molecule has 0 atom stereocenters. The first kappa shape index (κ1) is 11.8. The van der Waals surface area contributed by atoms with Gasteiger partial charge in [-0.2, -0.15) is 5.10 Å². The summed E-state index contributed by atoms with van der Waals surface area (Å²) >= 11 is 0. The Kier molecular flexibility index (Phi) is 2.96. The number of rotatable bonds is 2. The Morgan fingerprint density at radius 1 is 1.26 bits per heavy atom. The van der Waals surface area contributed by atoms with Crippen molar-refractivity contribution in [3.05, 3.63) is 28.6 Å². The number of hydrogen-bond donors (Lipinski definition) is 3. The zero-order valence-electron chi connectivity index (χ0n) is 10.3. The fourth-order valence-electron chi connectivity index (χ4n) is 2.14. The van der Waals surface area contributed by atoms with Gasteiger partial charge in [-0.3, -0.25) is 9.89 Å². The summed E-state index contributed by atoms with van der Waals surface area (Å²) < 4.78 is 5.30. The van der Waals surface area contributed by atoms with E-state index in [0.29, 0.717) is 19.0 Å². The maximum atomic E-state index is 11.8. The van der Waals surface area contributed by atoms with Gasteiger partial charge in [-0.05, 0) is 6.07 Å². The van der Waals surface area contributed by atoms with Crippen LogP contribution in [0.5, 0.6) is 0 Å². The molecule has 0 unspecified atom stereocenters. The third kappa shape index (κ3) is 2.45. The summed E-state index contributed by atoms with van der Waals surface area (Å²) in [5.74, 6) is 1.20. The van der Waals surface area contributed by atoms with Gasteiger partial charge in [-0.15, -0.1) is 0 Å². The van der Waals surface area contributed by atoms with Crippen molar-refractivity contribution in [3.8, 4) is 11.3 Å². The first-order valence-corrected chi connectivity index (χ1v) is 6.11. The van der Waals surface area contributed by atoms with Crippen molar-refractivity contribution >= 4 is 11.6 Å². The van der Waals surface area contributed by atoms with Crippen LogP contribution in [0.2, 0.25) is 0 Å². The lowest BCUT2D eigenvalue weighted by Gasteiger charge is -2.28. The molecule has 0 saturated carbocycles. The van der Waals surface area contributed by atoms with Crippen molar-refractivity contribution in [2.24, 2.45) is 0 Å². The summed E-state index contributed by atoms with van der Waals surface area (Å²) in [6, 6.07) is 5.15. The Morgan fingerprint density at radius 2 is 2.05 bits per heavy atom. The number of pyridine rings is 1. The summed E-state index contributed by atoms with van der Waals surface area (Å²) in [6.45, 7) is 2.88. The topological polar surface area (TPSA) is 100 Å². The minimum absolute atomic E-state index is 0.146. The number of aromatic nitrogens is 3. The van der Waals surface area contributed by atoms with Crippen LogP contribution in [-0.2, 0) is 4.74 Å². The highest BCUT2D eigenvalue weighted by atomic mass is 16.5. The summed E-state index contributed by atoms with van der Waals surface area (Å²) in [6.07, 6.45) is 0. The van der Waals surface area contributed by atoms with E-state index in [1.807, 2.05) is 6.07 Å². The van der Waals surface area contributed by atoms with Crippen LogP contribution < -0.4 is 16.2 Å². The van der Waals surface area contributed by atoms with Crippen molar-refractivity contribution in [1.82, 2.24) is 15.2 Å². The number of nitrogens with one attached hydrogen (secondary N) is 2. The maximum absolute atomic E-state index is 11.8. The van der Waals surface area contributed by atoms with Crippen LogP contribution in [0.4, 0.5) is 11.6 Å². The van der Waals surface area contributed by atoms with Crippen LogP contribution in [0.3, 0.4) is 0 Å². The van der Waals surface area contributed by atoms with Crippen molar-refractivity contribution < 1.29 is 4.74 Å². The molecule has 100 valence electrons. The van der Waals surface area contributed by atoms with Gasteiger partial charge in [0.2, 0.25) is 5.56 Å². The third-order valence-electron chi connectivity index (χ3n) is 3.09. The number of morpholine rings is 1. The predicted molar refractivity (Wildman–Crippen MR) is 72.1 cm³/mol. The fraction of sp³-hybridized carbons (Fsp3) is 0.333. The Balaban J connectivity index is 1.98. The summed E-state index contributed by atoms with van der Waals surface area (Å²) in [4.78, 5) is 16.7. The van der Waals surface area contributed by atoms with Gasteiger partial charge in [0.25, 0.3) is 0 Å². The monoisotopic (exact) mass is 261 g/mol. The molecule has 19 heavy (non-hydrogen) atoms. The third-order valence-corrected chi connectivity index (χ3v) is 3.09. The average Bonchev–Trinajstić information content (AvgIpc) is 2.86. The molecule has 0 aliphatic carbocycles. The number of H-pyrrole nitrogens is 2. The fourth-order valence-corrected chi connectivity index (χ4v) is 2.14. The number of anilines is 2. The Bertz CT molecular complexity index is 627. The van der Waals surface area contributed by atoms with Crippen LogP contribution in [-0.4, -0.2) is 41.5 Å². The van der Waals surface area contributed by atoms with Crippen LogP contribution >= 0.6 is 0 Å². The first-order valence-electron chi connectivity index (χ1n) is 6.11. The Hall–Kier alpha value is -2.28. The number of nitrogens with two attached hydrogens (primary N) is 1. The van der Waals surface area contributed by atoms with E-state index in [2.05, 4.69) is 20.1 Å². The van der Waals surface area contributed by atoms with E-state index in [0.717, 1.165) is 30.2 Å². The van der Waals surface area contributed by atoms with Gasteiger partial charge in [0, 0.05) is 30.8 Å². The summed E-state index contributed by atoms with van der Waals surface area (Å²) in [5.41, 5.74) is 6.94. The Labute approximate surface area is 109 Å². The molecule has 2 aromatic rings. The van der Waals surface area contributed by atoms with Crippen molar-refractivity contribution in [1.29, 1.82) is 0 Å². The molecule has 7 heteroatoms. The highest BCUT2D eigenvalue weighted by Crippen LogP contribution is 2.21. The molecular formula is C12H15N5O2. The normalized spacial score (nSPS) is 15.7. The van der Waals surface area contributed by atoms with Gasteiger partial charge < -0.3 is 20.4 Å². The molecule has 1 aliphatic rings. The molecule has 1 aliphatic heterocycles. The minimum atomic E-state index is -0.146. The molecule has 0 amide bonds. The van der Waals surface area contributed by atoms with Crippen LogP contribution in [0, 0.1) is 0 Å². The smallest absolute Gasteiger partial charge is 0.250 e. The number of ether oxygens (including phenoxy) is 1. The van der Waals surface area contributed by atoms with Gasteiger partial charge in [0.15, 0.2) is 0 Å². The van der Waals surface area contributed by atoms with E-state index in [1.165, 1.54) is 6.07 Å². The largest absolute Gasteiger partial charge is 0.382 e. The molecule has 1 saturated heterocycles. The second kappa shape index (κ2) is 4.77. The number of nitrogen functional groups attached to an aromatic ring is 1. The number of nitrogens with zero attached hydrogens (tertiary/aromatic N) is 2. The van der Waals surface area contributed by atoms with E-state index in [4.69, 9.17) is 10.5 Å². The van der Waals surface area contributed by atoms with Crippen molar-refractivity contribution in [2.45, 2.75) is 0 Å². The predicted octanol–water partition coefficient (Wildman–Crippen LogP) is 0.184. The van der Waals surface area contributed by atoms with Crippen molar-refractivity contribution in [3.63, 3.8) is 0 Å². The van der Waals surface area contributed by atoms with Gasteiger partial charge in [-0.25, -0.2) is 0 Å². The van der Waals surface area contributed by atoms with E-state index in [1.54, 1.807) is 6.07 Å². The quantitative estimate of drug-likeness (QED) is 0.716. The molecule has 2 aromatic heterocycles. The molecule has 3 rings (SSSR count). The SMILES string of the molecule is Nc1cc(-c2cc(N3CCOCC3)[nH]c(=O)c2)[nH]n1. The lowest BCUT2D eigenvalue weighted by Crippen LogP contribution is -2.37. The standard InChI is InChI=1S/C12H15N5O2/c13-10-7-9(15-16-10)8-5-11(14-12(18)6-8)17-1-3-19-4-2-17/h5-7H,1-4H2,(H,14,18)(H3,13,15,16). The van der Waals surface area contributed by atoms with Crippen LogP contribution in [0.15, 0.2) is 23.0 Å². The highest BCUT2D eigenvalue weighted by molar-refractivity contribution is 5.65. The lowest BCUT2D eigenvalue weighted by molar-refractivity contribution is 0.122. The molecule has 0 radical (unpaired) electrons. The van der Waals surface area contributed by atoms with Crippen LogP contribution in [0.25, 0.3) is 11.3 Å². The van der Waals surface area contributed by atoms with E-state index < -0.39 is 0 Å². The summed E-state index contributed by atoms with van der Waals surface area (Å²) in [5, 5.41) is 6.68. The Morgan fingerprint density at radius 3 is 2.74 bits per heavy atom. The van der Waals surface area contributed by atoms with E-state index in [9.17, 15) is 4.79 Å². The molecule has 7 nitrogen and oxygen atoms in total. The summed E-state index contributed by atoms with van der Waals surface area (Å²) in [7, 11) is 0. The van der Waals surface area contributed by atoms with E-state index >= 15 is 0 Å². The first-order chi connectivity index (χ1) is 9.22. The average molecular weight is 261 g/mol. The molecule has 3 heterocycles. The maximum Gasteiger partial charge on any atom is 0.250 e. The second-order valence-corrected chi connectivity index (χ2v) is 4.42. The van der Waals surface area contributed by atoms with E-state index in [-0.39, 0.29) is 5.56 Å². The van der Waals surface area contributed by atoms with Crippen molar-refractivity contribution in [2.75, 3.05) is 36.9 Å². The molecule has 0 bridgehead atoms. The van der Waals surface area contributed by atoms with Gasteiger partial charge in [0.05, 0.1) is 18.9 Å². The molecule has 4 N–H and O–H groups in total. The zero-order chi connectivity index (χ0) is 13.2. The van der Waals surface area contributed by atoms with Crippen LogP contribution in [0.1, 0.15) is 0 Å². The lowest BCUT2D eigenvalue weighted by atomic mass is 10.2. The number of aromatic amines is 2. The molecule has 0 aromatic carbocycles. The van der Waals surface area contributed by atoms with Gasteiger partial charge in [-0.1, -0.05) is 0 Å². The zero-order valence-corrected chi connectivity index (χ0v) is 10.3. The highest BCUT2D eigenvalue weighted by Gasteiger charge is 2.13. The number of hydrogen-bond acceptors (Lipinski definition) is 5.